The fraction of sp³-hybridized carbons (Fsp3) is 0.667. The Morgan fingerprint density at radius 3 is 2.75 bits per heavy atom. The highest BCUT2D eigenvalue weighted by molar-refractivity contribution is 6.63. The summed E-state index contributed by atoms with van der Waals surface area (Å²) in [6.07, 6.45) is 4.39. The van der Waals surface area contributed by atoms with E-state index in [2.05, 4.69) is 0 Å². The lowest BCUT2D eigenvalue weighted by molar-refractivity contribution is -0.154. The smallest absolute Gasteiger partial charge is 0.316 e. The third-order valence-corrected chi connectivity index (χ3v) is 2.99. The molecule has 0 saturated heterocycles. The van der Waals surface area contributed by atoms with E-state index in [1.807, 2.05) is 13.0 Å². The van der Waals surface area contributed by atoms with Gasteiger partial charge >= 0.3 is 5.97 Å². The maximum atomic E-state index is 11.9. The number of rotatable bonds is 4. The van der Waals surface area contributed by atoms with Gasteiger partial charge in [-0.3, -0.25) is 9.59 Å². The first-order chi connectivity index (χ1) is 7.50. The number of carbonyl (C=O) groups is 2. The van der Waals surface area contributed by atoms with Crippen LogP contribution < -0.4 is 0 Å². The monoisotopic (exact) mass is 244 g/mol. The van der Waals surface area contributed by atoms with Crippen LogP contribution in [0.3, 0.4) is 0 Å². The van der Waals surface area contributed by atoms with E-state index in [-0.39, 0.29) is 12.4 Å². The van der Waals surface area contributed by atoms with Crippen LogP contribution in [0.25, 0.3) is 0 Å². The van der Waals surface area contributed by atoms with E-state index in [0.29, 0.717) is 13.0 Å². The summed E-state index contributed by atoms with van der Waals surface area (Å²) in [5, 5.41) is -0.487. The first-order valence-corrected chi connectivity index (χ1v) is 5.92. The molecule has 0 aromatic heterocycles. The molecule has 4 heteroatoms. The zero-order valence-electron chi connectivity index (χ0n) is 9.72. The molecule has 3 nitrogen and oxygen atoms in total. The third-order valence-electron chi connectivity index (χ3n) is 2.85. The minimum Gasteiger partial charge on any atom is -0.465 e. The maximum absolute atomic E-state index is 11.9. The van der Waals surface area contributed by atoms with Crippen LogP contribution in [0.15, 0.2) is 11.6 Å². The van der Waals surface area contributed by atoms with Gasteiger partial charge in [-0.1, -0.05) is 11.6 Å². The first kappa shape index (κ1) is 13.2. The molecule has 0 aromatic carbocycles. The summed E-state index contributed by atoms with van der Waals surface area (Å²) < 4.78 is 5.04. The fourth-order valence-electron chi connectivity index (χ4n) is 2.19. The number of hydrogen-bond donors (Lipinski definition) is 0. The highest BCUT2D eigenvalue weighted by atomic mass is 35.5. The van der Waals surface area contributed by atoms with Gasteiger partial charge in [0.1, 0.15) is 0 Å². The number of carbonyl (C=O) groups excluding carboxylic acids is 2. The SMILES string of the molecule is CCOC(=O)C1(CC(=O)Cl)C=C(C)CCC1. The molecule has 0 bridgehead atoms. The van der Waals surface area contributed by atoms with Crippen molar-refractivity contribution in [3.05, 3.63) is 11.6 Å². The third kappa shape index (κ3) is 3.08. The average Bonchev–Trinajstić information content (AvgIpc) is 2.16. The molecule has 0 heterocycles. The minimum atomic E-state index is -0.822. The maximum Gasteiger partial charge on any atom is 0.316 e. The van der Waals surface area contributed by atoms with Crippen molar-refractivity contribution in [1.82, 2.24) is 0 Å². The fourth-order valence-corrected chi connectivity index (χ4v) is 2.43. The van der Waals surface area contributed by atoms with Gasteiger partial charge in [0, 0.05) is 6.42 Å². The second kappa shape index (κ2) is 5.48. The largest absolute Gasteiger partial charge is 0.465 e. The van der Waals surface area contributed by atoms with Crippen LogP contribution in [0.5, 0.6) is 0 Å². The van der Waals surface area contributed by atoms with Crippen molar-refractivity contribution in [3.63, 3.8) is 0 Å². The summed E-state index contributed by atoms with van der Waals surface area (Å²) in [4.78, 5) is 23.0. The molecule has 0 aliphatic heterocycles. The Morgan fingerprint density at radius 1 is 1.56 bits per heavy atom. The van der Waals surface area contributed by atoms with Gasteiger partial charge in [-0.15, -0.1) is 0 Å². The van der Waals surface area contributed by atoms with Gasteiger partial charge in [0.2, 0.25) is 5.24 Å². The van der Waals surface area contributed by atoms with Crippen LogP contribution in [0.2, 0.25) is 0 Å². The lowest BCUT2D eigenvalue weighted by Gasteiger charge is -2.31. The van der Waals surface area contributed by atoms with Gasteiger partial charge in [0.25, 0.3) is 0 Å². The van der Waals surface area contributed by atoms with Crippen LogP contribution in [0.4, 0.5) is 0 Å². The van der Waals surface area contributed by atoms with Crippen molar-refractivity contribution in [1.29, 1.82) is 0 Å². The van der Waals surface area contributed by atoms with Crippen molar-refractivity contribution < 1.29 is 14.3 Å². The summed E-state index contributed by atoms with van der Waals surface area (Å²) in [7, 11) is 0. The molecule has 0 aromatic rings. The minimum absolute atomic E-state index is 0.0325. The molecule has 0 spiro atoms. The van der Waals surface area contributed by atoms with Crippen LogP contribution in [-0.2, 0) is 14.3 Å². The zero-order chi connectivity index (χ0) is 12.2. The Balaban J connectivity index is 2.96. The van der Waals surface area contributed by atoms with E-state index in [9.17, 15) is 9.59 Å². The standard InChI is InChI=1S/C12H17ClO3/c1-3-16-11(15)12(8-10(13)14)6-4-5-9(2)7-12/h7H,3-6,8H2,1-2H3. The van der Waals surface area contributed by atoms with E-state index in [4.69, 9.17) is 16.3 Å². The molecule has 0 fully saturated rings. The Kier molecular flexibility index (Phi) is 4.54. The van der Waals surface area contributed by atoms with Gasteiger partial charge in [-0.25, -0.2) is 0 Å². The molecule has 1 rings (SSSR count). The van der Waals surface area contributed by atoms with Gasteiger partial charge in [0.15, 0.2) is 0 Å². The predicted octanol–water partition coefficient (Wildman–Crippen LogP) is 2.82. The summed E-state index contributed by atoms with van der Waals surface area (Å²) in [6, 6.07) is 0. The van der Waals surface area contributed by atoms with Crippen LogP contribution in [-0.4, -0.2) is 17.8 Å². The lowest BCUT2D eigenvalue weighted by Crippen LogP contribution is -2.34. The summed E-state index contributed by atoms with van der Waals surface area (Å²) in [6.45, 7) is 4.04. The summed E-state index contributed by atoms with van der Waals surface area (Å²) in [5.74, 6) is -0.331. The molecule has 1 unspecified atom stereocenters. The quantitative estimate of drug-likeness (QED) is 0.434. The lowest BCUT2D eigenvalue weighted by atomic mass is 9.74. The zero-order valence-corrected chi connectivity index (χ0v) is 10.5. The van der Waals surface area contributed by atoms with Crippen molar-refractivity contribution in [2.24, 2.45) is 5.41 Å². The molecule has 0 N–H and O–H groups in total. The second-order valence-corrected chi connectivity index (χ2v) is 4.67. The van der Waals surface area contributed by atoms with Gasteiger partial charge in [-0.2, -0.15) is 0 Å². The molecular weight excluding hydrogens is 228 g/mol. The van der Waals surface area contributed by atoms with E-state index in [1.54, 1.807) is 6.92 Å². The van der Waals surface area contributed by atoms with Gasteiger partial charge in [0.05, 0.1) is 12.0 Å². The van der Waals surface area contributed by atoms with E-state index in [0.717, 1.165) is 18.4 Å². The molecule has 0 radical (unpaired) electrons. The van der Waals surface area contributed by atoms with Gasteiger partial charge in [-0.05, 0) is 44.7 Å². The highest BCUT2D eigenvalue weighted by Crippen LogP contribution is 2.39. The van der Waals surface area contributed by atoms with E-state index < -0.39 is 10.7 Å². The molecule has 1 aliphatic rings. The molecule has 0 saturated carbocycles. The van der Waals surface area contributed by atoms with Crippen molar-refractivity contribution >= 4 is 22.8 Å². The topological polar surface area (TPSA) is 43.4 Å². The number of esters is 1. The van der Waals surface area contributed by atoms with Crippen molar-refractivity contribution in [2.75, 3.05) is 6.61 Å². The predicted molar refractivity (Wildman–Crippen MR) is 62.2 cm³/mol. The van der Waals surface area contributed by atoms with E-state index >= 15 is 0 Å². The summed E-state index contributed by atoms with van der Waals surface area (Å²) in [5.41, 5.74) is 0.300. The number of ether oxygens (including phenoxy) is 1. The molecule has 0 amide bonds. The molecule has 1 aliphatic carbocycles. The van der Waals surface area contributed by atoms with E-state index in [1.165, 1.54) is 0 Å². The Bertz CT molecular complexity index is 322. The normalized spacial score (nSPS) is 24.8. The highest BCUT2D eigenvalue weighted by Gasteiger charge is 2.40. The molecular formula is C12H17ClO3. The van der Waals surface area contributed by atoms with Crippen LogP contribution in [0.1, 0.15) is 39.5 Å². The molecule has 16 heavy (non-hydrogen) atoms. The Labute approximate surface area is 101 Å². The average molecular weight is 245 g/mol. The Hall–Kier alpha value is -0.830. The second-order valence-electron chi connectivity index (χ2n) is 4.25. The number of allylic oxidation sites excluding steroid dienone is 1. The van der Waals surface area contributed by atoms with Crippen LogP contribution in [0, 0.1) is 5.41 Å². The molecule has 1 atom stereocenters. The number of halogens is 1. The van der Waals surface area contributed by atoms with Crippen molar-refractivity contribution in [2.45, 2.75) is 39.5 Å². The van der Waals surface area contributed by atoms with Gasteiger partial charge < -0.3 is 4.74 Å². The van der Waals surface area contributed by atoms with Crippen LogP contribution >= 0.6 is 11.6 Å². The first-order valence-electron chi connectivity index (χ1n) is 5.54. The summed E-state index contributed by atoms with van der Waals surface area (Å²) >= 11 is 5.42. The molecule has 90 valence electrons. The van der Waals surface area contributed by atoms with Crippen molar-refractivity contribution in [3.8, 4) is 0 Å². The number of hydrogen-bond acceptors (Lipinski definition) is 3. The Morgan fingerprint density at radius 2 is 2.25 bits per heavy atom.